The molecule has 1 aliphatic heterocycles. The molecule has 0 bridgehead atoms. The minimum Gasteiger partial charge on any atom is -0.383 e. The van der Waals surface area contributed by atoms with E-state index in [2.05, 4.69) is 26.2 Å². The third kappa shape index (κ3) is 6.49. The standard InChI is InChI=1S/C32H32N6O2S/c1-40-18-17-37-13-15-38(16-14-37)22-23-19-29-32(34-20-23)41-31(36-29)26-9-5-6-10-27(26)35-30(39)28-12-11-25(21-33-28)24-7-3-2-4-8-24/h2-12,19-21H,13-18,22H2,1H3,(H,35,39). The van der Waals surface area contributed by atoms with Crippen LogP contribution >= 0.6 is 11.3 Å². The van der Waals surface area contributed by atoms with Gasteiger partial charge in [-0.05, 0) is 35.4 Å². The van der Waals surface area contributed by atoms with E-state index in [1.54, 1.807) is 19.4 Å². The van der Waals surface area contributed by atoms with Crippen molar-refractivity contribution in [3.05, 3.63) is 96.4 Å². The predicted octanol–water partition coefficient (Wildman–Crippen LogP) is 5.44. The van der Waals surface area contributed by atoms with Crippen molar-refractivity contribution < 1.29 is 9.53 Å². The van der Waals surface area contributed by atoms with Crippen LogP contribution in [0.1, 0.15) is 16.1 Å². The molecule has 8 nitrogen and oxygen atoms in total. The highest BCUT2D eigenvalue weighted by Crippen LogP contribution is 2.34. The lowest BCUT2D eigenvalue weighted by Gasteiger charge is -2.34. The van der Waals surface area contributed by atoms with Crippen LogP contribution in [0.2, 0.25) is 0 Å². The first kappa shape index (κ1) is 27.2. The van der Waals surface area contributed by atoms with Crippen molar-refractivity contribution in [2.45, 2.75) is 6.54 Å². The van der Waals surface area contributed by atoms with Crippen LogP contribution < -0.4 is 5.32 Å². The molecule has 1 saturated heterocycles. The van der Waals surface area contributed by atoms with Crippen LogP contribution in [-0.2, 0) is 11.3 Å². The molecular formula is C32H32N6O2S. The molecule has 0 unspecified atom stereocenters. The van der Waals surface area contributed by atoms with E-state index in [1.165, 1.54) is 11.3 Å². The molecule has 0 saturated carbocycles. The number of amides is 1. The van der Waals surface area contributed by atoms with Gasteiger partial charge in [-0.25, -0.2) is 9.97 Å². The third-order valence-electron chi connectivity index (χ3n) is 7.30. The lowest BCUT2D eigenvalue weighted by molar-refractivity contribution is 0.0938. The van der Waals surface area contributed by atoms with E-state index >= 15 is 0 Å². The Bertz CT molecular complexity index is 1610. The normalized spacial score (nSPS) is 14.4. The Hall–Kier alpha value is -4.02. The minimum atomic E-state index is -0.263. The maximum absolute atomic E-state index is 13.1. The Morgan fingerprint density at radius 3 is 2.46 bits per heavy atom. The molecule has 208 valence electrons. The number of fused-ring (bicyclic) bond motifs is 1. The summed E-state index contributed by atoms with van der Waals surface area (Å²) in [6.07, 6.45) is 3.69. The first-order valence-corrected chi connectivity index (χ1v) is 14.6. The molecule has 9 heteroatoms. The quantitative estimate of drug-likeness (QED) is 0.255. The van der Waals surface area contributed by atoms with Gasteiger partial charge in [0.15, 0.2) is 0 Å². The summed E-state index contributed by atoms with van der Waals surface area (Å²) < 4.78 is 5.21. The van der Waals surface area contributed by atoms with Gasteiger partial charge in [0, 0.05) is 69.9 Å². The summed E-state index contributed by atoms with van der Waals surface area (Å²) in [5.74, 6) is -0.263. The molecule has 41 heavy (non-hydrogen) atoms. The topological polar surface area (TPSA) is 83.5 Å². The monoisotopic (exact) mass is 564 g/mol. The zero-order chi connectivity index (χ0) is 28.0. The molecule has 5 aromatic rings. The number of piperazine rings is 1. The Labute approximate surface area is 243 Å². The van der Waals surface area contributed by atoms with Gasteiger partial charge < -0.3 is 10.1 Å². The van der Waals surface area contributed by atoms with E-state index < -0.39 is 0 Å². The van der Waals surface area contributed by atoms with Gasteiger partial charge in [0.05, 0.1) is 12.3 Å². The molecular weight excluding hydrogens is 532 g/mol. The zero-order valence-corrected chi connectivity index (χ0v) is 23.8. The second kappa shape index (κ2) is 12.7. The average Bonchev–Trinajstić information content (AvgIpc) is 3.45. The maximum Gasteiger partial charge on any atom is 0.274 e. The zero-order valence-electron chi connectivity index (χ0n) is 23.0. The summed E-state index contributed by atoms with van der Waals surface area (Å²) in [5.41, 5.74) is 5.97. The van der Waals surface area contributed by atoms with Crippen molar-refractivity contribution in [3.63, 3.8) is 0 Å². The lowest BCUT2D eigenvalue weighted by atomic mass is 10.1. The SMILES string of the molecule is COCCN1CCN(Cc2cnc3sc(-c4ccccc4NC(=O)c4ccc(-c5ccccc5)cn4)nc3c2)CC1. The number of ether oxygens (including phenoxy) is 1. The molecule has 1 aliphatic rings. The highest BCUT2D eigenvalue weighted by molar-refractivity contribution is 7.21. The number of hydrogen-bond donors (Lipinski definition) is 1. The fraction of sp³-hybridized carbons (Fsp3) is 0.250. The lowest BCUT2D eigenvalue weighted by Crippen LogP contribution is -2.46. The molecule has 1 fully saturated rings. The molecule has 0 radical (unpaired) electrons. The Morgan fingerprint density at radius 1 is 0.902 bits per heavy atom. The van der Waals surface area contributed by atoms with Gasteiger partial charge in [0.25, 0.3) is 5.91 Å². The minimum absolute atomic E-state index is 0.263. The number of pyridine rings is 2. The number of anilines is 1. The van der Waals surface area contributed by atoms with Crippen LogP contribution in [0.3, 0.4) is 0 Å². The predicted molar refractivity (Wildman–Crippen MR) is 164 cm³/mol. The number of benzene rings is 2. The summed E-state index contributed by atoms with van der Waals surface area (Å²) in [5, 5.41) is 3.86. The number of nitrogens with zero attached hydrogens (tertiary/aromatic N) is 5. The number of aromatic nitrogens is 3. The van der Waals surface area contributed by atoms with Crippen molar-refractivity contribution in [3.8, 4) is 21.7 Å². The largest absolute Gasteiger partial charge is 0.383 e. The maximum atomic E-state index is 13.1. The fourth-order valence-corrected chi connectivity index (χ4v) is 5.94. The van der Waals surface area contributed by atoms with Crippen LogP contribution in [0.4, 0.5) is 5.69 Å². The van der Waals surface area contributed by atoms with Crippen LogP contribution in [0.25, 0.3) is 32.0 Å². The molecule has 1 amide bonds. The fourth-order valence-electron chi connectivity index (χ4n) is 5.01. The van der Waals surface area contributed by atoms with Crippen LogP contribution in [0.15, 0.2) is 85.2 Å². The van der Waals surface area contributed by atoms with Gasteiger partial charge in [-0.2, -0.15) is 0 Å². The molecule has 0 spiro atoms. The van der Waals surface area contributed by atoms with E-state index in [0.29, 0.717) is 11.4 Å². The van der Waals surface area contributed by atoms with Crippen molar-refractivity contribution >= 4 is 33.3 Å². The number of carbonyl (C=O) groups excluding carboxylic acids is 1. The number of methoxy groups -OCH3 is 1. The molecule has 0 aliphatic carbocycles. The van der Waals surface area contributed by atoms with Gasteiger partial charge in [0.2, 0.25) is 0 Å². The smallest absolute Gasteiger partial charge is 0.274 e. The van der Waals surface area contributed by atoms with Gasteiger partial charge in [0.1, 0.15) is 21.0 Å². The number of thiazole rings is 1. The summed E-state index contributed by atoms with van der Waals surface area (Å²) in [6.45, 7) is 6.78. The van der Waals surface area contributed by atoms with Gasteiger partial charge in [-0.3, -0.25) is 19.6 Å². The third-order valence-corrected chi connectivity index (χ3v) is 8.31. The number of hydrogen-bond acceptors (Lipinski definition) is 8. The van der Waals surface area contributed by atoms with Crippen LogP contribution in [0, 0.1) is 0 Å². The summed E-state index contributed by atoms with van der Waals surface area (Å²) >= 11 is 1.53. The summed E-state index contributed by atoms with van der Waals surface area (Å²) in [6, 6.07) is 23.5. The van der Waals surface area contributed by atoms with Crippen molar-refractivity contribution in [2.24, 2.45) is 0 Å². The summed E-state index contributed by atoms with van der Waals surface area (Å²) in [4.78, 5) is 33.0. The van der Waals surface area contributed by atoms with Crippen molar-refractivity contribution in [1.29, 1.82) is 0 Å². The first-order valence-electron chi connectivity index (χ1n) is 13.8. The van der Waals surface area contributed by atoms with Crippen LogP contribution in [0.5, 0.6) is 0 Å². The highest BCUT2D eigenvalue weighted by atomic mass is 32.1. The van der Waals surface area contributed by atoms with Crippen molar-refractivity contribution in [1.82, 2.24) is 24.8 Å². The average molecular weight is 565 g/mol. The molecule has 0 atom stereocenters. The van der Waals surface area contributed by atoms with E-state index in [0.717, 1.165) is 83.5 Å². The number of carbonyl (C=O) groups is 1. The molecule has 6 rings (SSSR count). The van der Waals surface area contributed by atoms with Gasteiger partial charge >= 0.3 is 0 Å². The highest BCUT2D eigenvalue weighted by Gasteiger charge is 2.18. The Morgan fingerprint density at radius 2 is 1.68 bits per heavy atom. The van der Waals surface area contributed by atoms with E-state index in [1.807, 2.05) is 66.9 Å². The summed E-state index contributed by atoms with van der Waals surface area (Å²) in [7, 11) is 1.75. The second-order valence-electron chi connectivity index (χ2n) is 10.1. The Kier molecular flexibility index (Phi) is 8.39. The molecule has 1 N–H and O–H groups in total. The first-order chi connectivity index (χ1) is 20.2. The van der Waals surface area contributed by atoms with E-state index in [4.69, 9.17) is 14.7 Å². The second-order valence-corrected chi connectivity index (χ2v) is 11.1. The van der Waals surface area contributed by atoms with E-state index in [-0.39, 0.29) is 5.91 Å². The number of nitrogens with one attached hydrogen (secondary N) is 1. The molecule has 3 aromatic heterocycles. The van der Waals surface area contributed by atoms with Crippen molar-refractivity contribution in [2.75, 3.05) is 51.8 Å². The Balaban J connectivity index is 1.15. The van der Waals surface area contributed by atoms with Gasteiger partial charge in [-0.15, -0.1) is 0 Å². The van der Waals surface area contributed by atoms with E-state index in [9.17, 15) is 4.79 Å². The van der Waals surface area contributed by atoms with Gasteiger partial charge in [-0.1, -0.05) is 59.9 Å². The molecule has 4 heterocycles. The molecule has 2 aromatic carbocycles. The number of rotatable bonds is 9. The number of para-hydroxylation sites is 1. The van der Waals surface area contributed by atoms with Crippen LogP contribution in [-0.4, -0.2) is 77.1 Å².